The molecule has 3 aromatic carbocycles. The number of esters is 1. The van der Waals surface area contributed by atoms with Crippen molar-refractivity contribution in [3.05, 3.63) is 88.7 Å². The van der Waals surface area contributed by atoms with E-state index in [9.17, 15) is 9.18 Å². The first kappa shape index (κ1) is 19.4. The van der Waals surface area contributed by atoms with E-state index in [2.05, 4.69) is 0 Å². The molecule has 0 amide bonds. The fraction of sp³-hybridized carbons (Fsp3) is 0.174. The largest absolute Gasteiger partial charge is 0.493 e. The predicted octanol–water partition coefficient (Wildman–Crippen LogP) is 5.25. The number of ether oxygens (including phenoxy) is 3. The molecule has 0 radical (unpaired) electrons. The summed E-state index contributed by atoms with van der Waals surface area (Å²) in [5.41, 5.74) is 1.49. The van der Waals surface area contributed by atoms with Gasteiger partial charge in [-0.1, -0.05) is 48.5 Å². The zero-order chi connectivity index (χ0) is 20.1. The van der Waals surface area contributed by atoms with E-state index in [1.165, 1.54) is 14.0 Å². The van der Waals surface area contributed by atoms with Crippen molar-refractivity contribution in [1.29, 1.82) is 0 Å². The van der Waals surface area contributed by atoms with E-state index in [0.29, 0.717) is 11.3 Å². The number of rotatable bonds is 6. The Morgan fingerprint density at radius 2 is 1.50 bits per heavy atom. The lowest BCUT2D eigenvalue weighted by Gasteiger charge is -2.19. The van der Waals surface area contributed by atoms with E-state index in [1.807, 2.05) is 36.4 Å². The van der Waals surface area contributed by atoms with E-state index in [0.717, 1.165) is 5.56 Å². The summed E-state index contributed by atoms with van der Waals surface area (Å²) in [7, 11) is 1.38. The summed E-state index contributed by atoms with van der Waals surface area (Å²) < 4.78 is 31.3. The smallest absolute Gasteiger partial charge is 0.347 e. The van der Waals surface area contributed by atoms with Crippen LogP contribution in [0.25, 0.3) is 0 Å². The summed E-state index contributed by atoms with van der Waals surface area (Å²) in [5, 5.41) is 0. The first-order valence-corrected chi connectivity index (χ1v) is 8.83. The third kappa shape index (κ3) is 3.98. The molecule has 0 aliphatic heterocycles. The Kier molecular flexibility index (Phi) is 5.94. The van der Waals surface area contributed by atoms with Gasteiger partial charge in [-0.3, -0.25) is 0 Å². The number of carbonyl (C=O) groups is 1. The maximum Gasteiger partial charge on any atom is 0.347 e. The van der Waals surface area contributed by atoms with Crippen molar-refractivity contribution < 1.29 is 23.4 Å². The molecular weight excluding hydrogens is 359 g/mol. The van der Waals surface area contributed by atoms with Crippen LogP contribution >= 0.6 is 0 Å². The first-order valence-electron chi connectivity index (χ1n) is 8.83. The van der Waals surface area contributed by atoms with Crippen LogP contribution in [-0.4, -0.2) is 13.1 Å². The van der Waals surface area contributed by atoms with Gasteiger partial charge in [0.25, 0.3) is 0 Å². The summed E-state index contributed by atoms with van der Waals surface area (Å²) in [6, 6.07) is 18.1. The third-order valence-electron chi connectivity index (χ3n) is 4.40. The molecule has 0 atom stereocenters. The first-order chi connectivity index (χ1) is 13.5. The topological polar surface area (TPSA) is 44.8 Å². The van der Waals surface area contributed by atoms with Crippen molar-refractivity contribution >= 4 is 5.97 Å². The SMILES string of the molecule is COc1c(C)c(OCc2ccccc2)c(C(=O)Oc2ccccc2)c(C)c1F. The molecule has 4 nitrogen and oxygen atoms in total. The molecule has 5 heteroatoms. The molecule has 0 fully saturated rings. The quantitative estimate of drug-likeness (QED) is 0.433. The lowest BCUT2D eigenvalue weighted by atomic mass is 10.0. The summed E-state index contributed by atoms with van der Waals surface area (Å²) in [6.45, 7) is 3.39. The molecule has 3 aromatic rings. The van der Waals surface area contributed by atoms with Gasteiger partial charge in [-0.05, 0) is 31.5 Å². The Balaban J connectivity index is 2.02. The van der Waals surface area contributed by atoms with Gasteiger partial charge in [0, 0.05) is 11.1 Å². The number of halogens is 1. The highest BCUT2D eigenvalue weighted by Gasteiger charge is 2.27. The highest BCUT2D eigenvalue weighted by Crippen LogP contribution is 2.38. The van der Waals surface area contributed by atoms with Crippen molar-refractivity contribution in [1.82, 2.24) is 0 Å². The van der Waals surface area contributed by atoms with E-state index in [-0.39, 0.29) is 29.2 Å². The molecule has 0 unspecified atom stereocenters. The molecule has 0 N–H and O–H groups in total. The van der Waals surface area contributed by atoms with E-state index < -0.39 is 11.8 Å². The Morgan fingerprint density at radius 3 is 2.11 bits per heavy atom. The van der Waals surface area contributed by atoms with Gasteiger partial charge in [0.05, 0.1) is 7.11 Å². The molecule has 0 aliphatic rings. The minimum Gasteiger partial charge on any atom is -0.493 e. The molecule has 144 valence electrons. The van der Waals surface area contributed by atoms with Crippen molar-refractivity contribution in [3.8, 4) is 17.2 Å². The lowest BCUT2D eigenvalue weighted by molar-refractivity contribution is 0.0727. The van der Waals surface area contributed by atoms with Crippen LogP contribution in [0.2, 0.25) is 0 Å². The molecule has 0 aliphatic carbocycles. The van der Waals surface area contributed by atoms with Gasteiger partial charge in [-0.15, -0.1) is 0 Å². The fourth-order valence-corrected chi connectivity index (χ4v) is 2.95. The second-order valence-electron chi connectivity index (χ2n) is 6.28. The molecule has 3 rings (SSSR count). The zero-order valence-corrected chi connectivity index (χ0v) is 16.0. The molecule has 28 heavy (non-hydrogen) atoms. The standard InChI is InChI=1S/C23H21FO4/c1-15-19(23(25)28-18-12-8-5-9-13-18)21(16(2)22(26-3)20(15)24)27-14-17-10-6-4-7-11-17/h4-13H,14H2,1-3H3. The maximum atomic E-state index is 14.8. The number of carbonyl (C=O) groups excluding carboxylic acids is 1. The number of para-hydroxylation sites is 1. The summed E-state index contributed by atoms with van der Waals surface area (Å²) in [5.74, 6) is -0.615. The van der Waals surface area contributed by atoms with Crippen LogP contribution in [0.15, 0.2) is 60.7 Å². The molecule has 0 saturated carbocycles. The van der Waals surface area contributed by atoms with Gasteiger partial charge >= 0.3 is 5.97 Å². The minimum absolute atomic E-state index is 0.0515. The monoisotopic (exact) mass is 380 g/mol. The molecule has 0 saturated heterocycles. The fourth-order valence-electron chi connectivity index (χ4n) is 2.95. The average molecular weight is 380 g/mol. The lowest BCUT2D eigenvalue weighted by Crippen LogP contribution is -2.15. The Labute approximate surface area is 163 Å². The Morgan fingerprint density at radius 1 is 0.893 bits per heavy atom. The molecule has 0 spiro atoms. The number of hydrogen-bond donors (Lipinski definition) is 0. The van der Waals surface area contributed by atoms with Crippen molar-refractivity contribution in [2.75, 3.05) is 7.11 Å². The van der Waals surface area contributed by atoms with Crippen molar-refractivity contribution in [2.45, 2.75) is 20.5 Å². The third-order valence-corrected chi connectivity index (χ3v) is 4.40. The average Bonchev–Trinajstić information content (AvgIpc) is 2.71. The summed E-state index contributed by atoms with van der Waals surface area (Å²) in [6.07, 6.45) is 0. The van der Waals surface area contributed by atoms with Crippen LogP contribution in [0, 0.1) is 19.7 Å². The summed E-state index contributed by atoms with van der Waals surface area (Å²) in [4.78, 5) is 12.9. The number of hydrogen-bond acceptors (Lipinski definition) is 4. The van der Waals surface area contributed by atoms with Crippen LogP contribution in [0.5, 0.6) is 17.2 Å². The van der Waals surface area contributed by atoms with Crippen LogP contribution in [0.4, 0.5) is 4.39 Å². The summed E-state index contributed by atoms with van der Waals surface area (Å²) >= 11 is 0. The van der Waals surface area contributed by atoms with Crippen molar-refractivity contribution in [2.24, 2.45) is 0 Å². The molecule has 0 bridgehead atoms. The van der Waals surface area contributed by atoms with Gasteiger partial charge in [0.2, 0.25) is 0 Å². The van der Waals surface area contributed by atoms with Gasteiger partial charge < -0.3 is 14.2 Å². The molecular formula is C23H21FO4. The van der Waals surface area contributed by atoms with E-state index >= 15 is 0 Å². The highest BCUT2D eigenvalue weighted by atomic mass is 19.1. The number of benzene rings is 3. The van der Waals surface area contributed by atoms with E-state index in [1.54, 1.807) is 31.2 Å². The maximum absolute atomic E-state index is 14.8. The van der Waals surface area contributed by atoms with Crippen LogP contribution in [0.1, 0.15) is 27.0 Å². The molecule has 0 heterocycles. The van der Waals surface area contributed by atoms with Gasteiger partial charge in [-0.2, -0.15) is 0 Å². The number of methoxy groups -OCH3 is 1. The Hall–Kier alpha value is -3.34. The van der Waals surface area contributed by atoms with Crippen molar-refractivity contribution in [3.63, 3.8) is 0 Å². The van der Waals surface area contributed by atoms with Gasteiger partial charge in [0.15, 0.2) is 11.6 Å². The normalized spacial score (nSPS) is 10.4. The molecule has 0 aromatic heterocycles. The van der Waals surface area contributed by atoms with Gasteiger partial charge in [0.1, 0.15) is 23.7 Å². The van der Waals surface area contributed by atoms with Crippen LogP contribution in [0.3, 0.4) is 0 Å². The van der Waals surface area contributed by atoms with Gasteiger partial charge in [-0.25, -0.2) is 9.18 Å². The zero-order valence-electron chi connectivity index (χ0n) is 16.0. The van der Waals surface area contributed by atoms with Crippen LogP contribution < -0.4 is 14.2 Å². The predicted molar refractivity (Wildman–Crippen MR) is 105 cm³/mol. The second kappa shape index (κ2) is 8.57. The highest BCUT2D eigenvalue weighted by molar-refractivity contribution is 5.96. The Bertz CT molecular complexity index is 969. The van der Waals surface area contributed by atoms with Crippen LogP contribution in [-0.2, 0) is 6.61 Å². The second-order valence-corrected chi connectivity index (χ2v) is 6.28. The minimum atomic E-state index is -0.684. The van der Waals surface area contributed by atoms with E-state index in [4.69, 9.17) is 14.2 Å².